The van der Waals surface area contributed by atoms with Crippen LogP contribution in [0.2, 0.25) is 0 Å². The van der Waals surface area contributed by atoms with Crippen LogP contribution < -0.4 is 21.3 Å². The monoisotopic (exact) mass is 377 g/mol. The molecule has 1 atom stereocenters. The van der Waals surface area contributed by atoms with Gasteiger partial charge in [0.05, 0.1) is 30.2 Å². The van der Waals surface area contributed by atoms with Gasteiger partial charge >= 0.3 is 0 Å². The van der Waals surface area contributed by atoms with Crippen LogP contribution >= 0.6 is 24.8 Å². The Hall–Kier alpha value is -1.90. The summed E-state index contributed by atoms with van der Waals surface area (Å²) in [5, 5.41) is 5.14. The van der Waals surface area contributed by atoms with E-state index in [1.165, 1.54) is 17.3 Å². The summed E-state index contributed by atoms with van der Waals surface area (Å²) >= 11 is 0. The molecule has 4 N–H and O–H groups in total. The van der Waals surface area contributed by atoms with Crippen molar-refractivity contribution < 1.29 is 14.4 Å². The Morgan fingerprint density at radius 1 is 1.42 bits per heavy atom. The third-order valence-corrected chi connectivity index (χ3v) is 3.40. The van der Waals surface area contributed by atoms with E-state index in [-0.39, 0.29) is 61.5 Å². The molecule has 1 aromatic heterocycles. The predicted molar refractivity (Wildman–Crippen MR) is 95.5 cm³/mol. The van der Waals surface area contributed by atoms with Crippen molar-refractivity contribution in [2.45, 2.75) is 19.9 Å². The summed E-state index contributed by atoms with van der Waals surface area (Å²) in [5.74, 6) is -1.10. The summed E-state index contributed by atoms with van der Waals surface area (Å²) in [5.41, 5.74) is 6.74. The molecule has 10 heteroatoms. The Kier molecular flexibility index (Phi) is 8.66. The molecule has 3 amide bonds. The summed E-state index contributed by atoms with van der Waals surface area (Å²) in [6.45, 7) is 3.34. The van der Waals surface area contributed by atoms with Gasteiger partial charge < -0.3 is 16.4 Å². The van der Waals surface area contributed by atoms with Crippen LogP contribution in [0.25, 0.3) is 0 Å². The lowest BCUT2D eigenvalue weighted by atomic mass is 10.1. The van der Waals surface area contributed by atoms with E-state index in [2.05, 4.69) is 15.6 Å². The van der Waals surface area contributed by atoms with Crippen LogP contribution in [-0.2, 0) is 14.4 Å². The second-order valence-electron chi connectivity index (χ2n) is 5.41. The molecule has 0 fully saturated rings. The largest absolute Gasteiger partial charge is 0.346 e. The molecule has 2 heterocycles. The van der Waals surface area contributed by atoms with Crippen molar-refractivity contribution in [1.82, 2.24) is 10.3 Å². The van der Waals surface area contributed by atoms with Crippen molar-refractivity contribution in [3.63, 3.8) is 0 Å². The molecule has 134 valence electrons. The molecule has 8 nitrogen and oxygen atoms in total. The molecule has 0 spiro atoms. The van der Waals surface area contributed by atoms with Crippen LogP contribution in [-0.4, -0.2) is 41.8 Å². The van der Waals surface area contributed by atoms with Crippen LogP contribution in [0.5, 0.6) is 0 Å². The van der Waals surface area contributed by atoms with Gasteiger partial charge in [0.2, 0.25) is 17.7 Å². The fourth-order valence-corrected chi connectivity index (χ4v) is 2.04. The highest BCUT2D eigenvalue weighted by Gasteiger charge is 2.27. The van der Waals surface area contributed by atoms with E-state index in [1.807, 2.05) is 13.8 Å². The van der Waals surface area contributed by atoms with Gasteiger partial charge in [0.15, 0.2) is 0 Å². The zero-order valence-electron chi connectivity index (χ0n) is 13.3. The molecule has 1 aliphatic rings. The lowest BCUT2D eigenvalue weighted by Gasteiger charge is -2.29. The molecule has 0 bridgehead atoms. The van der Waals surface area contributed by atoms with Gasteiger partial charge in [-0.25, -0.2) is 0 Å². The smallest absolute Gasteiger partial charge is 0.246 e. The highest BCUT2D eigenvalue weighted by molar-refractivity contribution is 6.10. The number of hydrogen-bond donors (Lipinski definition) is 3. The number of hydrogen-bond acceptors (Lipinski definition) is 5. The van der Waals surface area contributed by atoms with Gasteiger partial charge in [0, 0.05) is 6.20 Å². The summed E-state index contributed by atoms with van der Waals surface area (Å²) in [6, 6.07) is 0.961. The number of carbonyl (C=O) groups is 3. The normalized spacial score (nSPS) is 13.8. The second kappa shape index (κ2) is 9.41. The van der Waals surface area contributed by atoms with E-state index < -0.39 is 6.04 Å². The van der Waals surface area contributed by atoms with E-state index in [1.54, 1.807) is 6.07 Å². The Morgan fingerprint density at radius 2 is 2.08 bits per heavy atom. The van der Waals surface area contributed by atoms with Gasteiger partial charge in [0.1, 0.15) is 6.54 Å². The molecular weight excluding hydrogens is 357 g/mol. The number of pyridine rings is 1. The number of halogens is 2. The lowest BCUT2D eigenvalue weighted by molar-refractivity contribution is -0.126. The Labute approximate surface area is 152 Å². The molecule has 0 aliphatic carbocycles. The first-order valence-electron chi connectivity index (χ1n) is 6.97. The quantitative estimate of drug-likeness (QED) is 0.697. The van der Waals surface area contributed by atoms with E-state index in [0.717, 1.165) is 0 Å². The number of nitrogens with zero attached hydrogens (tertiary/aromatic N) is 2. The summed E-state index contributed by atoms with van der Waals surface area (Å²) in [6.07, 6.45) is 3.00. The van der Waals surface area contributed by atoms with Gasteiger partial charge in [0.25, 0.3) is 0 Å². The Morgan fingerprint density at radius 3 is 2.71 bits per heavy atom. The number of aromatic nitrogens is 1. The van der Waals surface area contributed by atoms with Crippen LogP contribution in [0.1, 0.15) is 13.8 Å². The van der Waals surface area contributed by atoms with Gasteiger partial charge in [-0.05, 0) is 12.0 Å². The predicted octanol–water partition coefficient (Wildman–Crippen LogP) is 0.310. The molecular formula is C14H21Cl2N5O3. The zero-order valence-corrected chi connectivity index (χ0v) is 14.9. The van der Waals surface area contributed by atoms with E-state index >= 15 is 0 Å². The number of rotatable bonds is 4. The highest BCUT2D eigenvalue weighted by atomic mass is 35.5. The van der Waals surface area contributed by atoms with Crippen molar-refractivity contribution >= 4 is 53.9 Å². The van der Waals surface area contributed by atoms with E-state index in [0.29, 0.717) is 11.4 Å². The highest BCUT2D eigenvalue weighted by Crippen LogP contribution is 2.27. The maximum absolute atomic E-state index is 12.3. The molecule has 0 saturated carbocycles. The van der Waals surface area contributed by atoms with Crippen LogP contribution in [0.15, 0.2) is 18.5 Å². The first-order chi connectivity index (χ1) is 10.4. The maximum Gasteiger partial charge on any atom is 0.246 e. The van der Waals surface area contributed by atoms with Gasteiger partial charge in [-0.2, -0.15) is 0 Å². The SMILES string of the molecule is CC(C)[C@H](N)C(=O)NCC(=O)N1CC(=O)Nc2cnccc21.Cl.Cl. The minimum absolute atomic E-state index is 0. The van der Waals surface area contributed by atoms with Crippen molar-refractivity contribution in [3.8, 4) is 0 Å². The zero-order chi connectivity index (χ0) is 16.3. The fourth-order valence-electron chi connectivity index (χ4n) is 2.04. The topological polar surface area (TPSA) is 117 Å². The maximum atomic E-state index is 12.3. The van der Waals surface area contributed by atoms with Crippen LogP contribution in [0.4, 0.5) is 11.4 Å². The number of nitrogens with two attached hydrogens (primary N) is 1. The number of carbonyl (C=O) groups excluding carboxylic acids is 3. The summed E-state index contributed by atoms with van der Waals surface area (Å²) < 4.78 is 0. The molecule has 24 heavy (non-hydrogen) atoms. The van der Waals surface area contributed by atoms with Crippen LogP contribution in [0.3, 0.4) is 0 Å². The molecule has 0 saturated heterocycles. The van der Waals surface area contributed by atoms with Crippen molar-refractivity contribution in [2.24, 2.45) is 11.7 Å². The van der Waals surface area contributed by atoms with Crippen molar-refractivity contribution in [2.75, 3.05) is 23.3 Å². The van der Waals surface area contributed by atoms with Gasteiger partial charge in [-0.1, -0.05) is 13.8 Å². The first-order valence-corrected chi connectivity index (χ1v) is 6.97. The summed E-state index contributed by atoms with van der Waals surface area (Å²) in [4.78, 5) is 40.9. The number of nitrogens with one attached hydrogen (secondary N) is 2. The Bertz CT molecular complexity index is 612. The van der Waals surface area contributed by atoms with Crippen LogP contribution in [0, 0.1) is 5.92 Å². The van der Waals surface area contributed by atoms with E-state index in [4.69, 9.17) is 5.73 Å². The van der Waals surface area contributed by atoms with E-state index in [9.17, 15) is 14.4 Å². The first kappa shape index (κ1) is 22.1. The fraction of sp³-hybridized carbons (Fsp3) is 0.429. The third-order valence-electron chi connectivity index (χ3n) is 3.40. The number of amides is 3. The third kappa shape index (κ3) is 5.05. The summed E-state index contributed by atoms with van der Waals surface area (Å²) in [7, 11) is 0. The number of fused-ring (bicyclic) bond motifs is 1. The van der Waals surface area contributed by atoms with Crippen molar-refractivity contribution in [1.29, 1.82) is 0 Å². The molecule has 1 aromatic rings. The molecule has 1 aliphatic heterocycles. The molecule has 0 radical (unpaired) electrons. The molecule has 0 aromatic carbocycles. The van der Waals surface area contributed by atoms with Gasteiger partial charge in [-0.3, -0.25) is 24.3 Å². The Balaban J connectivity index is 0.00000264. The number of anilines is 2. The lowest BCUT2D eigenvalue weighted by Crippen LogP contribution is -2.50. The molecule has 0 unspecified atom stereocenters. The average Bonchev–Trinajstić information content (AvgIpc) is 2.50. The minimum Gasteiger partial charge on any atom is -0.346 e. The minimum atomic E-state index is -0.672. The van der Waals surface area contributed by atoms with Gasteiger partial charge in [-0.15, -0.1) is 24.8 Å². The molecule has 2 rings (SSSR count). The van der Waals surface area contributed by atoms with Crippen molar-refractivity contribution in [3.05, 3.63) is 18.5 Å². The average molecular weight is 378 g/mol. The second-order valence-corrected chi connectivity index (χ2v) is 5.41. The standard InChI is InChI=1S/C14H19N5O3.2ClH/c1-8(2)13(15)14(22)17-6-12(21)19-7-11(20)18-9-5-16-4-3-10(9)19;;/h3-5,8,13H,6-7,15H2,1-2H3,(H,17,22)(H,18,20);2*1H/t13-;;/m0../s1.